The Bertz CT molecular complexity index is 304. The van der Waals surface area contributed by atoms with E-state index in [4.69, 9.17) is 4.74 Å². The fourth-order valence-electron chi connectivity index (χ4n) is 3.57. The Morgan fingerprint density at radius 1 is 1.39 bits per heavy atom. The molecule has 2 aliphatic rings. The number of rotatable bonds is 4. The molecule has 0 spiro atoms. The molecular formula is C15H28N2O. The van der Waals surface area contributed by atoms with Crippen LogP contribution in [0.4, 0.5) is 0 Å². The van der Waals surface area contributed by atoms with E-state index in [-0.39, 0.29) is 5.54 Å². The summed E-state index contributed by atoms with van der Waals surface area (Å²) in [6.07, 6.45) is 8.49. The molecule has 0 amide bonds. The Morgan fingerprint density at radius 2 is 2.06 bits per heavy atom. The molecule has 1 N–H and O–H groups in total. The number of nitrogens with one attached hydrogen (secondary N) is 1. The highest BCUT2D eigenvalue weighted by molar-refractivity contribution is 5.17. The molecular weight excluding hydrogens is 224 g/mol. The second-order valence-corrected chi connectivity index (χ2v) is 6.15. The molecule has 3 heteroatoms. The van der Waals surface area contributed by atoms with Gasteiger partial charge >= 0.3 is 0 Å². The van der Waals surface area contributed by atoms with Crippen molar-refractivity contribution in [3.8, 4) is 0 Å². The Morgan fingerprint density at radius 3 is 2.50 bits per heavy atom. The van der Waals surface area contributed by atoms with E-state index < -0.39 is 0 Å². The Kier molecular flexibility index (Phi) is 4.33. The SMILES string of the molecule is CNC(C1=CCCO1)C1(N(C)C)CCC(C)CC1. The van der Waals surface area contributed by atoms with Crippen molar-refractivity contribution in [2.75, 3.05) is 27.7 Å². The van der Waals surface area contributed by atoms with Crippen LogP contribution in [-0.2, 0) is 4.74 Å². The average Bonchev–Trinajstić information content (AvgIpc) is 2.86. The lowest BCUT2D eigenvalue weighted by atomic mass is 9.71. The highest BCUT2D eigenvalue weighted by Gasteiger charge is 2.45. The third-order valence-corrected chi connectivity index (χ3v) is 4.87. The van der Waals surface area contributed by atoms with Crippen LogP contribution < -0.4 is 5.32 Å². The van der Waals surface area contributed by atoms with Crippen molar-refractivity contribution < 1.29 is 4.74 Å². The fourth-order valence-corrected chi connectivity index (χ4v) is 3.57. The van der Waals surface area contributed by atoms with Crippen molar-refractivity contribution in [1.29, 1.82) is 0 Å². The molecule has 104 valence electrons. The lowest BCUT2D eigenvalue weighted by molar-refractivity contribution is 0.0374. The van der Waals surface area contributed by atoms with Gasteiger partial charge in [0.1, 0.15) is 5.76 Å². The van der Waals surface area contributed by atoms with Crippen molar-refractivity contribution in [3.63, 3.8) is 0 Å². The van der Waals surface area contributed by atoms with Crippen molar-refractivity contribution >= 4 is 0 Å². The first kappa shape index (κ1) is 13.9. The number of hydrogen-bond donors (Lipinski definition) is 1. The van der Waals surface area contributed by atoms with E-state index in [1.54, 1.807) is 0 Å². The monoisotopic (exact) mass is 252 g/mol. The van der Waals surface area contributed by atoms with Crippen LogP contribution in [0.1, 0.15) is 39.0 Å². The number of ether oxygens (including phenoxy) is 1. The predicted octanol–water partition coefficient (Wildman–Crippen LogP) is 2.39. The van der Waals surface area contributed by atoms with Crippen molar-refractivity contribution in [2.24, 2.45) is 5.92 Å². The summed E-state index contributed by atoms with van der Waals surface area (Å²) in [6.45, 7) is 3.23. The van der Waals surface area contributed by atoms with Gasteiger partial charge in [-0.3, -0.25) is 0 Å². The molecule has 0 radical (unpaired) electrons. The highest BCUT2D eigenvalue weighted by Crippen LogP contribution is 2.40. The Labute approximate surface area is 112 Å². The molecule has 1 aliphatic heterocycles. The summed E-state index contributed by atoms with van der Waals surface area (Å²) in [5.74, 6) is 2.04. The molecule has 18 heavy (non-hydrogen) atoms. The van der Waals surface area contributed by atoms with E-state index in [1.165, 1.54) is 31.4 Å². The van der Waals surface area contributed by atoms with Crippen LogP contribution in [0, 0.1) is 5.92 Å². The van der Waals surface area contributed by atoms with Crippen LogP contribution in [0.15, 0.2) is 11.8 Å². The van der Waals surface area contributed by atoms with E-state index in [2.05, 4.69) is 44.4 Å². The van der Waals surface area contributed by atoms with Crippen molar-refractivity contribution in [2.45, 2.75) is 50.6 Å². The van der Waals surface area contributed by atoms with Gasteiger partial charge in [-0.1, -0.05) is 6.92 Å². The lowest BCUT2D eigenvalue weighted by Crippen LogP contribution is -2.60. The molecule has 0 aromatic rings. The maximum atomic E-state index is 5.83. The maximum absolute atomic E-state index is 5.83. The van der Waals surface area contributed by atoms with Gasteiger partial charge in [0, 0.05) is 12.0 Å². The molecule has 0 bridgehead atoms. The largest absolute Gasteiger partial charge is 0.496 e. The minimum absolute atomic E-state index is 0.220. The van der Waals surface area contributed by atoms with Crippen molar-refractivity contribution in [3.05, 3.63) is 11.8 Å². The van der Waals surface area contributed by atoms with Gasteiger partial charge in [-0.05, 0) is 58.8 Å². The third-order valence-electron chi connectivity index (χ3n) is 4.87. The van der Waals surface area contributed by atoms with Gasteiger partial charge in [-0.25, -0.2) is 0 Å². The second-order valence-electron chi connectivity index (χ2n) is 6.15. The van der Waals surface area contributed by atoms with Gasteiger partial charge in [-0.15, -0.1) is 0 Å². The number of likely N-dealkylation sites (N-methyl/N-ethyl adjacent to an activating group) is 2. The van der Waals surface area contributed by atoms with Gasteiger partial charge in [0.2, 0.25) is 0 Å². The molecule has 0 aromatic heterocycles. The first-order chi connectivity index (χ1) is 8.60. The van der Waals surface area contributed by atoms with Crippen LogP contribution in [0.5, 0.6) is 0 Å². The minimum Gasteiger partial charge on any atom is -0.496 e. The summed E-state index contributed by atoms with van der Waals surface area (Å²) in [5.41, 5.74) is 0.220. The third kappa shape index (κ3) is 2.43. The predicted molar refractivity (Wildman–Crippen MR) is 75.5 cm³/mol. The van der Waals surface area contributed by atoms with Gasteiger partial charge < -0.3 is 15.0 Å². The molecule has 1 unspecified atom stereocenters. The molecule has 1 fully saturated rings. The zero-order valence-electron chi connectivity index (χ0n) is 12.3. The standard InChI is InChI=1S/C15H28N2O/c1-12-7-9-15(10-8-12,17(3)4)14(16-2)13-6-5-11-18-13/h6,12,14,16H,5,7-11H2,1-4H3. The van der Waals surface area contributed by atoms with E-state index in [1.807, 2.05) is 0 Å². The van der Waals surface area contributed by atoms with E-state index in [9.17, 15) is 0 Å². The van der Waals surface area contributed by atoms with E-state index in [0.717, 1.165) is 18.9 Å². The summed E-state index contributed by atoms with van der Waals surface area (Å²) in [6, 6.07) is 0.336. The van der Waals surface area contributed by atoms with Crippen molar-refractivity contribution in [1.82, 2.24) is 10.2 Å². The number of nitrogens with zero attached hydrogens (tertiary/aromatic N) is 1. The molecule has 0 saturated heterocycles. The summed E-state index contributed by atoms with van der Waals surface area (Å²) in [5, 5.41) is 3.52. The smallest absolute Gasteiger partial charge is 0.111 e. The average molecular weight is 252 g/mol. The molecule has 1 atom stereocenters. The number of hydrogen-bond acceptors (Lipinski definition) is 3. The van der Waals surface area contributed by atoms with Gasteiger partial charge in [0.15, 0.2) is 0 Å². The summed E-state index contributed by atoms with van der Waals surface area (Å²) in [4.78, 5) is 2.42. The molecule has 2 rings (SSSR count). The quantitative estimate of drug-likeness (QED) is 0.831. The summed E-state index contributed by atoms with van der Waals surface area (Å²) in [7, 11) is 6.50. The second kappa shape index (κ2) is 5.62. The molecule has 3 nitrogen and oxygen atoms in total. The molecule has 0 aromatic carbocycles. The van der Waals surface area contributed by atoms with Crippen LogP contribution in [0.3, 0.4) is 0 Å². The molecule has 1 heterocycles. The summed E-state index contributed by atoms with van der Waals surface area (Å²) >= 11 is 0. The van der Waals surface area contributed by atoms with Gasteiger partial charge in [0.25, 0.3) is 0 Å². The lowest BCUT2D eigenvalue weighted by Gasteiger charge is -2.49. The molecule has 1 aliphatic carbocycles. The topological polar surface area (TPSA) is 24.5 Å². The van der Waals surface area contributed by atoms with Crippen LogP contribution in [0.25, 0.3) is 0 Å². The summed E-state index contributed by atoms with van der Waals surface area (Å²) < 4.78 is 5.83. The first-order valence-electron chi connectivity index (χ1n) is 7.27. The highest BCUT2D eigenvalue weighted by atomic mass is 16.5. The molecule has 1 saturated carbocycles. The van der Waals surface area contributed by atoms with E-state index >= 15 is 0 Å². The van der Waals surface area contributed by atoms with Crippen LogP contribution in [-0.4, -0.2) is 44.2 Å². The van der Waals surface area contributed by atoms with E-state index in [0.29, 0.717) is 6.04 Å². The zero-order chi connectivity index (χ0) is 13.2. The Hall–Kier alpha value is -0.540. The van der Waals surface area contributed by atoms with Crippen LogP contribution in [0.2, 0.25) is 0 Å². The first-order valence-corrected chi connectivity index (χ1v) is 7.27. The van der Waals surface area contributed by atoms with Crippen LogP contribution >= 0.6 is 0 Å². The normalized spacial score (nSPS) is 34.3. The minimum atomic E-state index is 0.220. The Balaban J connectivity index is 2.22. The van der Waals surface area contributed by atoms with Gasteiger partial charge in [0.05, 0.1) is 12.6 Å². The van der Waals surface area contributed by atoms with Gasteiger partial charge in [-0.2, -0.15) is 0 Å². The fraction of sp³-hybridized carbons (Fsp3) is 0.867. The zero-order valence-corrected chi connectivity index (χ0v) is 12.3. The maximum Gasteiger partial charge on any atom is 0.111 e.